The summed E-state index contributed by atoms with van der Waals surface area (Å²) in [6.07, 6.45) is 4.16. The van der Waals surface area contributed by atoms with Gasteiger partial charge in [-0.25, -0.2) is 4.39 Å². The molecule has 0 saturated heterocycles. The highest BCUT2D eigenvalue weighted by Gasteiger charge is 1.94. The Morgan fingerprint density at radius 1 is 1.25 bits per heavy atom. The molecule has 0 heterocycles. The summed E-state index contributed by atoms with van der Waals surface area (Å²) in [6.45, 7) is 3.76. The molecular formula is C11H14F. The van der Waals surface area contributed by atoms with Gasteiger partial charge in [0, 0.05) is 0 Å². The monoisotopic (exact) mass is 165 g/mol. The van der Waals surface area contributed by atoms with Gasteiger partial charge in [0.25, 0.3) is 0 Å². The van der Waals surface area contributed by atoms with E-state index in [1.165, 1.54) is 6.07 Å². The van der Waals surface area contributed by atoms with E-state index in [1.54, 1.807) is 12.1 Å². The van der Waals surface area contributed by atoms with Crippen LogP contribution in [0, 0.1) is 12.7 Å². The summed E-state index contributed by atoms with van der Waals surface area (Å²) in [7, 11) is 0. The van der Waals surface area contributed by atoms with Crippen molar-refractivity contribution in [2.24, 2.45) is 0 Å². The van der Waals surface area contributed by atoms with Crippen LogP contribution in [0.1, 0.15) is 24.8 Å². The normalized spacial score (nSPS) is 10.2. The zero-order chi connectivity index (χ0) is 8.81. The van der Waals surface area contributed by atoms with Crippen molar-refractivity contribution in [1.82, 2.24) is 0 Å². The third-order valence-electron chi connectivity index (χ3n) is 1.85. The van der Waals surface area contributed by atoms with Gasteiger partial charge < -0.3 is 0 Å². The van der Waals surface area contributed by atoms with Gasteiger partial charge in [-0.1, -0.05) is 31.9 Å². The first kappa shape index (κ1) is 9.24. The second-order valence-electron chi connectivity index (χ2n) is 2.94. The average molecular weight is 165 g/mol. The Labute approximate surface area is 73.4 Å². The zero-order valence-corrected chi connectivity index (χ0v) is 7.22. The molecule has 1 radical (unpaired) electrons. The van der Waals surface area contributed by atoms with Crippen LogP contribution in [0.4, 0.5) is 4.39 Å². The molecule has 0 aromatic heterocycles. The predicted molar refractivity (Wildman–Crippen MR) is 49.3 cm³/mol. The van der Waals surface area contributed by atoms with Crippen molar-refractivity contribution in [2.45, 2.75) is 25.7 Å². The molecule has 0 saturated carbocycles. The topological polar surface area (TPSA) is 0 Å². The minimum Gasteiger partial charge on any atom is -0.207 e. The maximum Gasteiger partial charge on any atom is 0.123 e. The van der Waals surface area contributed by atoms with Gasteiger partial charge in [0.05, 0.1) is 0 Å². The van der Waals surface area contributed by atoms with Gasteiger partial charge in [-0.05, 0) is 30.5 Å². The molecule has 0 aliphatic heterocycles. The molecule has 0 unspecified atom stereocenters. The summed E-state index contributed by atoms with van der Waals surface area (Å²) >= 11 is 0. The summed E-state index contributed by atoms with van der Waals surface area (Å²) in [5.41, 5.74) is 1.09. The lowest BCUT2D eigenvalue weighted by Gasteiger charge is -1.99. The SMILES string of the molecule is [CH2]CCCCc1cccc(F)c1. The molecule has 0 amide bonds. The van der Waals surface area contributed by atoms with Crippen molar-refractivity contribution in [3.8, 4) is 0 Å². The molecule has 0 bridgehead atoms. The first-order valence-electron chi connectivity index (χ1n) is 4.36. The lowest BCUT2D eigenvalue weighted by atomic mass is 10.1. The van der Waals surface area contributed by atoms with Crippen LogP contribution >= 0.6 is 0 Å². The minimum absolute atomic E-state index is 0.137. The second kappa shape index (κ2) is 4.91. The van der Waals surface area contributed by atoms with Gasteiger partial charge in [-0.15, -0.1) is 0 Å². The molecule has 12 heavy (non-hydrogen) atoms. The summed E-state index contributed by atoms with van der Waals surface area (Å²) in [5, 5.41) is 0. The van der Waals surface area contributed by atoms with Gasteiger partial charge in [-0.2, -0.15) is 0 Å². The molecule has 0 atom stereocenters. The molecule has 0 fully saturated rings. The Hall–Kier alpha value is -0.850. The number of benzene rings is 1. The highest BCUT2D eigenvalue weighted by molar-refractivity contribution is 5.16. The second-order valence-corrected chi connectivity index (χ2v) is 2.94. The van der Waals surface area contributed by atoms with Crippen molar-refractivity contribution in [3.05, 3.63) is 42.6 Å². The third-order valence-corrected chi connectivity index (χ3v) is 1.85. The largest absolute Gasteiger partial charge is 0.207 e. The summed E-state index contributed by atoms with van der Waals surface area (Å²) in [5.74, 6) is -0.137. The molecule has 1 rings (SSSR count). The maximum atomic E-state index is 12.7. The summed E-state index contributed by atoms with van der Waals surface area (Å²) < 4.78 is 12.7. The number of aryl methyl sites for hydroxylation is 1. The van der Waals surface area contributed by atoms with Crippen LogP contribution < -0.4 is 0 Å². The number of rotatable bonds is 4. The van der Waals surface area contributed by atoms with E-state index in [2.05, 4.69) is 6.92 Å². The molecule has 0 aliphatic carbocycles. The molecule has 0 spiro atoms. The number of halogens is 1. The van der Waals surface area contributed by atoms with Gasteiger partial charge >= 0.3 is 0 Å². The van der Waals surface area contributed by atoms with Crippen LogP contribution in [0.15, 0.2) is 24.3 Å². The Kier molecular flexibility index (Phi) is 3.78. The van der Waals surface area contributed by atoms with Crippen molar-refractivity contribution in [1.29, 1.82) is 0 Å². The fourth-order valence-corrected chi connectivity index (χ4v) is 1.20. The van der Waals surface area contributed by atoms with Crippen LogP contribution in [-0.4, -0.2) is 0 Å². The highest BCUT2D eigenvalue weighted by atomic mass is 19.1. The van der Waals surface area contributed by atoms with Crippen LogP contribution in [0.25, 0.3) is 0 Å². The Balaban J connectivity index is 2.41. The third kappa shape index (κ3) is 3.04. The van der Waals surface area contributed by atoms with E-state index in [9.17, 15) is 4.39 Å². The Morgan fingerprint density at radius 3 is 2.75 bits per heavy atom. The lowest BCUT2D eigenvalue weighted by Crippen LogP contribution is -1.86. The van der Waals surface area contributed by atoms with E-state index in [4.69, 9.17) is 0 Å². The highest BCUT2D eigenvalue weighted by Crippen LogP contribution is 2.07. The first-order valence-corrected chi connectivity index (χ1v) is 4.36. The van der Waals surface area contributed by atoms with E-state index in [1.807, 2.05) is 6.07 Å². The standard InChI is InChI=1S/C11H14F/c1-2-3-4-6-10-7-5-8-11(12)9-10/h5,7-9H,1-4,6H2. The van der Waals surface area contributed by atoms with E-state index in [0.29, 0.717) is 0 Å². The van der Waals surface area contributed by atoms with Gasteiger partial charge in [0.15, 0.2) is 0 Å². The summed E-state index contributed by atoms with van der Waals surface area (Å²) in [4.78, 5) is 0. The van der Waals surface area contributed by atoms with Crippen LogP contribution in [0.3, 0.4) is 0 Å². The van der Waals surface area contributed by atoms with E-state index >= 15 is 0 Å². The molecule has 1 heteroatoms. The molecule has 65 valence electrons. The molecule has 1 aromatic carbocycles. The van der Waals surface area contributed by atoms with Crippen LogP contribution in [-0.2, 0) is 6.42 Å². The van der Waals surface area contributed by atoms with E-state index in [-0.39, 0.29) is 5.82 Å². The van der Waals surface area contributed by atoms with Crippen molar-refractivity contribution >= 4 is 0 Å². The predicted octanol–water partition coefficient (Wildman–Crippen LogP) is 3.37. The summed E-state index contributed by atoms with van der Waals surface area (Å²) in [6, 6.07) is 6.80. The Morgan fingerprint density at radius 2 is 2.08 bits per heavy atom. The molecule has 1 aromatic rings. The fourth-order valence-electron chi connectivity index (χ4n) is 1.20. The van der Waals surface area contributed by atoms with Gasteiger partial charge in [0.1, 0.15) is 5.82 Å². The quantitative estimate of drug-likeness (QED) is 0.600. The maximum absolute atomic E-state index is 12.7. The van der Waals surface area contributed by atoms with Crippen molar-refractivity contribution in [3.63, 3.8) is 0 Å². The smallest absolute Gasteiger partial charge is 0.123 e. The zero-order valence-electron chi connectivity index (χ0n) is 7.22. The van der Waals surface area contributed by atoms with E-state index in [0.717, 1.165) is 31.2 Å². The molecular weight excluding hydrogens is 151 g/mol. The van der Waals surface area contributed by atoms with Crippen LogP contribution in [0.5, 0.6) is 0 Å². The fraction of sp³-hybridized carbons (Fsp3) is 0.364. The first-order chi connectivity index (χ1) is 5.83. The lowest BCUT2D eigenvalue weighted by molar-refractivity contribution is 0.623. The Bertz CT molecular complexity index is 230. The van der Waals surface area contributed by atoms with E-state index < -0.39 is 0 Å². The number of unbranched alkanes of at least 4 members (excludes halogenated alkanes) is 2. The molecule has 0 nitrogen and oxygen atoms in total. The van der Waals surface area contributed by atoms with Crippen molar-refractivity contribution in [2.75, 3.05) is 0 Å². The average Bonchev–Trinajstić information content (AvgIpc) is 2.05. The number of hydrogen-bond acceptors (Lipinski definition) is 0. The number of hydrogen-bond donors (Lipinski definition) is 0. The van der Waals surface area contributed by atoms with Crippen molar-refractivity contribution < 1.29 is 4.39 Å². The van der Waals surface area contributed by atoms with Gasteiger partial charge in [0.2, 0.25) is 0 Å². The molecule has 0 aliphatic rings. The molecule has 0 N–H and O–H groups in total. The van der Waals surface area contributed by atoms with Crippen LogP contribution in [0.2, 0.25) is 0 Å². The minimum atomic E-state index is -0.137. The van der Waals surface area contributed by atoms with Gasteiger partial charge in [-0.3, -0.25) is 0 Å².